The zero-order valence-electron chi connectivity index (χ0n) is 9.37. The third-order valence-electron chi connectivity index (χ3n) is 2.45. The fraction of sp³-hybridized carbons (Fsp3) is 0.250. The first-order valence-electron chi connectivity index (χ1n) is 5.06. The van der Waals surface area contributed by atoms with E-state index >= 15 is 0 Å². The van der Waals surface area contributed by atoms with E-state index < -0.39 is 6.10 Å². The quantitative estimate of drug-likeness (QED) is 0.900. The van der Waals surface area contributed by atoms with Crippen molar-refractivity contribution in [2.45, 2.75) is 20.0 Å². The lowest BCUT2D eigenvalue weighted by atomic mass is 10.1. The second kappa shape index (κ2) is 4.94. The Hall–Kier alpha value is -0.610. The number of aryl methyl sites for hydroxylation is 2. The number of aliphatic hydroxyl groups is 1. The van der Waals surface area contributed by atoms with Gasteiger partial charge >= 0.3 is 0 Å². The molecule has 1 aromatic carbocycles. The van der Waals surface area contributed by atoms with E-state index in [1.807, 2.05) is 13.8 Å². The molecule has 0 fully saturated rings. The minimum atomic E-state index is -0.698. The van der Waals surface area contributed by atoms with Crippen LogP contribution < -0.4 is 0 Å². The summed E-state index contributed by atoms with van der Waals surface area (Å²) in [6, 6.07) is 5.14. The van der Waals surface area contributed by atoms with E-state index in [4.69, 9.17) is 23.2 Å². The van der Waals surface area contributed by atoms with Crippen LogP contribution in [0.15, 0.2) is 18.2 Å². The summed E-state index contributed by atoms with van der Waals surface area (Å²) in [5.41, 5.74) is 1.58. The van der Waals surface area contributed by atoms with Gasteiger partial charge in [-0.2, -0.15) is 0 Å². The van der Waals surface area contributed by atoms with Gasteiger partial charge in [0.1, 0.15) is 6.10 Å². The van der Waals surface area contributed by atoms with Gasteiger partial charge in [0.25, 0.3) is 0 Å². The molecule has 0 radical (unpaired) electrons. The maximum Gasteiger partial charge on any atom is 0.115 e. The first-order valence-corrected chi connectivity index (χ1v) is 6.63. The standard InChI is InChI=1S/C12H11Cl2NOS/c1-6-12(17-7(2)15-6)11(16)8-3-4-9(13)10(14)5-8/h3-5,11,16H,1-2H3. The topological polar surface area (TPSA) is 33.1 Å². The Kier molecular flexibility index (Phi) is 3.73. The van der Waals surface area contributed by atoms with Gasteiger partial charge in [0.05, 0.1) is 25.6 Å². The van der Waals surface area contributed by atoms with Crippen molar-refractivity contribution < 1.29 is 5.11 Å². The Labute approximate surface area is 114 Å². The summed E-state index contributed by atoms with van der Waals surface area (Å²) in [4.78, 5) is 5.15. The predicted molar refractivity (Wildman–Crippen MR) is 72.1 cm³/mol. The molecule has 90 valence electrons. The Morgan fingerprint density at radius 2 is 1.94 bits per heavy atom. The number of aliphatic hydroxyl groups excluding tert-OH is 1. The number of benzene rings is 1. The van der Waals surface area contributed by atoms with Crippen molar-refractivity contribution in [3.63, 3.8) is 0 Å². The van der Waals surface area contributed by atoms with Gasteiger partial charge in [0, 0.05) is 0 Å². The number of halogens is 2. The van der Waals surface area contributed by atoms with Crippen LogP contribution >= 0.6 is 34.5 Å². The highest BCUT2D eigenvalue weighted by Gasteiger charge is 2.17. The van der Waals surface area contributed by atoms with Crippen LogP contribution in [0.5, 0.6) is 0 Å². The van der Waals surface area contributed by atoms with Crippen LogP contribution in [-0.4, -0.2) is 10.1 Å². The van der Waals surface area contributed by atoms with Crippen molar-refractivity contribution in [1.29, 1.82) is 0 Å². The van der Waals surface area contributed by atoms with Gasteiger partial charge in [-0.25, -0.2) is 4.98 Å². The summed E-state index contributed by atoms with van der Waals surface area (Å²) >= 11 is 13.3. The molecular formula is C12H11Cl2NOS. The highest BCUT2D eigenvalue weighted by Crippen LogP contribution is 2.32. The lowest BCUT2D eigenvalue weighted by Gasteiger charge is -2.10. The maximum absolute atomic E-state index is 10.3. The zero-order valence-corrected chi connectivity index (χ0v) is 11.7. The monoisotopic (exact) mass is 287 g/mol. The second-order valence-corrected chi connectivity index (χ2v) is 5.81. The first kappa shape index (κ1) is 12.8. The molecule has 1 aromatic heterocycles. The van der Waals surface area contributed by atoms with Gasteiger partial charge < -0.3 is 5.11 Å². The zero-order chi connectivity index (χ0) is 12.6. The van der Waals surface area contributed by atoms with Crippen molar-refractivity contribution >= 4 is 34.5 Å². The number of thiazole rings is 1. The Bertz CT molecular complexity index is 553. The fourth-order valence-corrected chi connectivity index (χ4v) is 2.88. The van der Waals surface area contributed by atoms with E-state index in [2.05, 4.69) is 4.98 Å². The molecule has 1 N–H and O–H groups in total. The third-order valence-corrected chi connectivity index (χ3v) is 4.31. The molecule has 0 aliphatic rings. The second-order valence-electron chi connectivity index (χ2n) is 3.76. The van der Waals surface area contributed by atoms with Crippen LogP contribution in [-0.2, 0) is 0 Å². The molecule has 0 spiro atoms. The van der Waals surface area contributed by atoms with Gasteiger partial charge in [-0.3, -0.25) is 0 Å². The highest BCUT2D eigenvalue weighted by atomic mass is 35.5. The molecule has 17 heavy (non-hydrogen) atoms. The van der Waals surface area contributed by atoms with Crippen molar-refractivity contribution in [3.8, 4) is 0 Å². The van der Waals surface area contributed by atoms with Crippen molar-refractivity contribution in [1.82, 2.24) is 4.98 Å². The van der Waals surface area contributed by atoms with E-state index in [1.54, 1.807) is 18.2 Å². The van der Waals surface area contributed by atoms with E-state index in [0.717, 1.165) is 21.1 Å². The maximum atomic E-state index is 10.3. The van der Waals surface area contributed by atoms with E-state index in [0.29, 0.717) is 10.0 Å². The van der Waals surface area contributed by atoms with E-state index in [1.165, 1.54) is 11.3 Å². The molecule has 2 nitrogen and oxygen atoms in total. The van der Waals surface area contributed by atoms with Gasteiger partial charge in [0.15, 0.2) is 0 Å². The molecule has 0 saturated carbocycles. The number of rotatable bonds is 2. The number of hydrogen-bond acceptors (Lipinski definition) is 3. The van der Waals surface area contributed by atoms with Crippen LogP contribution in [0, 0.1) is 13.8 Å². The highest BCUT2D eigenvalue weighted by molar-refractivity contribution is 7.11. The normalized spacial score (nSPS) is 12.8. The minimum absolute atomic E-state index is 0.446. The Balaban J connectivity index is 2.40. The number of hydrogen-bond donors (Lipinski definition) is 1. The first-order chi connectivity index (χ1) is 7.99. The Morgan fingerprint density at radius 3 is 2.47 bits per heavy atom. The van der Waals surface area contributed by atoms with Gasteiger partial charge in [-0.1, -0.05) is 29.3 Å². The van der Waals surface area contributed by atoms with Crippen LogP contribution in [0.3, 0.4) is 0 Å². The van der Waals surface area contributed by atoms with Crippen LogP contribution in [0.4, 0.5) is 0 Å². The molecule has 0 aliphatic heterocycles. The molecule has 5 heteroatoms. The Morgan fingerprint density at radius 1 is 1.24 bits per heavy atom. The van der Waals surface area contributed by atoms with Crippen LogP contribution in [0.1, 0.15) is 27.2 Å². The van der Waals surface area contributed by atoms with Gasteiger partial charge in [-0.15, -0.1) is 11.3 Å². The summed E-state index contributed by atoms with van der Waals surface area (Å²) in [5.74, 6) is 0. The SMILES string of the molecule is Cc1nc(C)c(C(O)c2ccc(Cl)c(Cl)c2)s1. The summed E-state index contributed by atoms with van der Waals surface area (Å²) in [7, 11) is 0. The summed E-state index contributed by atoms with van der Waals surface area (Å²) in [5, 5.41) is 12.1. The molecular weight excluding hydrogens is 277 g/mol. The van der Waals surface area contributed by atoms with Crippen molar-refractivity contribution in [2.75, 3.05) is 0 Å². The molecule has 2 rings (SSSR count). The molecule has 1 atom stereocenters. The molecule has 0 amide bonds. The van der Waals surface area contributed by atoms with Crippen LogP contribution in [0.2, 0.25) is 10.0 Å². The number of aromatic nitrogens is 1. The number of nitrogens with zero attached hydrogens (tertiary/aromatic N) is 1. The van der Waals surface area contributed by atoms with Gasteiger partial charge in [0.2, 0.25) is 0 Å². The minimum Gasteiger partial charge on any atom is -0.383 e. The third kappa shape index (κ3) is 2.63. The van der Waals surface area contributed by atoms with Crippen molar-refractivity contribution in [2.24, 2.45) is 0 Å². The average Bonchev–Trinajstić information content (AvgIpc) is 2.61. The molecule has 1 heterocycles. The predicted octanol–water partition coefficient (Wildman–Crippen LogP) is 4.15. The van der Waals surface area contributed by atoms with Crippen molar-refractivity contribution in [3.05, 3.63) is 49.4 Å². The lowest BCUT2D eigenvalue weighted by Crippen LogP contribution is -1.99. The molecule has 0 aliphatic carbocycles. The largest absolute Gasteiger partial charge is 0.383 e. The van der Waals surface area contributed by atoms with Gasteiger partial charge in [-0.05, 0) is 31.5 Å². The van der Waals surface area contributed by atoms with E-state index in [-0.39, 0.29) is 0 Å². The summed E-state index contributed by atoms with van der Waals surface area (Å²) in [6.07, 6.45) is -0.698. The summed E-state index contributed by atoms with van der Waals surface area (Å²) in [6.45, 7) is 3.81. The average molecular weight is 288 g/mol. The fourth-order valence-electron chi connectivity index (χ4n) is 1.63. The lowest BCUT2D eigenvalue weighted by molar-refractivity contribution is 0.223. The summed E-state index contributed by atoms with van der Waals surface area (Å²) < 4.78 is 0. The van der Waals surface area contributed by atoms with Crippen LogP contribution in [0.25, 0.3) is 0 Å². The molecule has 2 aromatic rings. The molecule has 0 saturated heterocycles. The van der Waals surface area contributed by atoms with E-state index in [9.17, 15) is 5.11 Å². The molecule has 0 bridgehead atoms. The molecule has 1 unspecified atom stereocenters. The smallest absolute Gasteiger partial charge is 0.115 e.